The minimum Gasteiger partial charge on any atom is -0.493 e. The minimum absolute atomic E-state index is 0.307. The maximum atomic E-state index is 12.7. The van der Waals surface area contributed by atoms with Crippen LogP contribution in [0, 0.1) is 13.8 Å². The van der Waals surface area contributed by atoms with Gasteiger partial charge in [-0.1, -0.05) is 12.1 Å². The maximum Gasteiger partial charge on any atom is 0.337 e. The molecule has 4 rings (SSSR count). The molecule has 1 aliphatic rings. The molecule has 0 spiro atoms. The Hall–Kier alpha value is -3.43. The highest BCUT2D eigenvalue weighted by molar-refractivity contribution is 7.92. The Kier molecular flexibility index (Phi) is 7.54. The number of hydrogen-bond acceptors (Lipinski definition) is 6. The molecule has 38 heavy (non-hydrogen) atoms. The Balaban J connectivity index is 2.14. The molecule has 1 aromatic heterocycles. The molecular weight excluding hydrogens is 504 g/mol. The lowest BCUT2D eigenvalue weighted by atomic mass is 9.82. The number of nitrogens with zero attached hydrogens (tertiary/aromatic N) is 1. The van der Waals surface area contributed by atoms with Gasteiger partial charge in [0.2, 0.25) is 10.0 Å². The van der Waals surface area contributed by atoms with Gasteiger partial charge in [0, 0.05) is 29.1 Å². The van der Waals surface area contributed by atoms with Crippen LogP contribution in [0.4, 0.5) is 5.69 Å². The lowest BCUT2D eigenvalue weighted by Gasteiger charge is -2.31. The van der Waals surface area contributed by atoms with Gasteiger partial charge < -0.3 is 14.6 Å². The summed E-state index contributed by atoms with van der Waals surface area (Å²) < 4.78 is 39.6. The number of fused-ring (bicyclic) bond motifs is 1. The van der Waals surface area contributed by atoms with Crippen LogP contribution in [-0.2, 0) is 26.0 Å². The number of benzene rings is 2. The summed E-state index contributed by atoms with van der Waals surface area (Å²) in [5.41, 5.74) is 4.99. The summed E-state index contributed by atoms with van der Waals surface area (Å²) in [5, 5.41) is 10.4. The molecule has 8 nitrogen and oxygen atoms in total. The molecule has 202 valence electrons. The molecule has 2 heterocycles. The van der Waals surface area contributed by atoms with Crippen molar-refractivity contribution in [1.29, 1.82) is 0 Å². The van der Waals surface area contributed by atoms with E-state index in [4.69, 9.17) is 9.47 Å². The fraction of sp³-hybridized carbons (Fsp3) is 0.379. The number of aromatic nitrogens is 1. The summed E-state index contributed by atoms with van der Waals surface area (Å²) >= 11 is 0. The van der Waals surface area contributed by atoms with Gasteiger partial charge in [-0.15, -0.1) is 0 Å². The first-order valence-electron chi connectivity index (χ1n) is 12.5. The first-order chi connectivity index (χ1) is 17.8. The molecule has 0 saturated heterocycles. The minimum atomic E-state index is -3.71. The van der Waals surface area contributed by atoms with Gasteiger partial charge in [-0.2, -0.15) is 0 Å². The summed E-state index contributed by atoms with van der Waals surface area (Å²) in [7, 11) is -3.71. The number of anilines is 1. The van der Waals surface area contributed by atoms with E-state index in [0.29, 0.717) is 45.7 Å². The number of sulfonamides is 1. The Morgan fingerprint density at radius 3 is 2.47 bits per heavy atom. The number of nitrogens with one attached hydrogen (secondary N) is 1. The fourth-order valence-electron chi connectivity index (χ4n) is 5.01. The number of aliphatic carboxylic acids is 1. The van der Waals surface area contributed by atoms with E-state index in [2.05, 4.69) is 9.71 Å². The van der Waals surface area contributed by atoms with Crippen LogP contribution < -0.4 is 9.46 Å². The highest BCUT2D eigenvalue weighted by Gasteiger charge is 2.34. The van der Waals surface area contributed by atoms with Crippen molar-refractivity contribution in [3.05, 3.63) is 65.0 Å². The van der Waals surface area contributed by atoms with E-state index in [1.165, 1.54) is 0 Å². The van der Waals surface area contributed by atoms with Gasteiger partial charge in [-0.25, -0.2) is 13.2 Å². The Morgan fingerprint density at radius 1 is 1.13 bits per heavy atom. The van der Waals surface area contributed by atoms with Crippen molar-refractivity contribution in [2.24, 2.45) is 0 Å². The van der Waals surface area contributed by atoms with Crippen LogP contribution in [-0.4, -0.2) is 42.9 Å². The topological polar surface area (TPSA) is 115 Å². The average molecular weight is 539 g/mol. The van der Waals surface area contributed by atoms with Crippen molar-refractivity contribution in [3.8, 4) is 28.0 Å². The van der Waals surface area contributed by atoms with E-state index < -0.39 is 27.7 Å². The second-order valence-electron chi connectivity index (χ2n) is 10.6. The maximum absolute atomic E-state index is 12.7. The summed E-state index contributed by atoms with van der Waals surface area (Å²) in [5.74, 6) is -0.344. The zero-order valence-corrected chi connectivity index (χ0v) is 23.4. The Morgan fingerprint density at radius 2 is 1.87 bits per heavy atom. The summed E-state index contributed by atoms with van der Waals surface area (Å²) in [6, 6.07) is 9.50. The van der Waals surface area contributed by atoms with E-state index in [1.807, 2.05) is 31.2 Å². The van der Waals surface area contributed by atoms with Gasteiger partial charge in [-0.05, 0) is 93.5 Å². The van der Waals surface area contributed by atoms with E-state index in [9.17, 15) is 18.3 Å². The molecule has 3 aromatic rings. The monoisotopic (exact) mass is 538 g/mol. The van der Waals surface area contributed by atoms with Crippen molar-refractivity contribution < 1.29 is 27.8 Å². The molecule has 0 radical (unpaired) electrons. The zero-order valence-electron chi connectivity index (χ0n) is 22.6. The van der Waals surface area contributed by atoms with Gasteiger partial charge in [0.1, 0.15) is 5.75 Å². The van der Waals surface area contributed by atoms with Crippen LogP contribution in [0.5, 0.6) is 5.75 Å². The number of carbonyl (C=O) groups is 1. The van der Waals surface area contributed by atoms with Crippen LogP contribution in [0.1, 0.15) is 55.5 Å². The van der Waals surface area contributed by atoms with Crippen molar-refractivity contribution in [1.82, 2.24) is 4.98 Å². The molecule has 2 N–H and O–H groups in total. The van der Waals surface area contributed by atoms with E-state index >= 15 is 0 Å². The van der Waals surface area contributed by atoms with E-state index in [0.717, 1.165) is 36.0 Å². The molecule has 0 amide bonds. The summed E-state index contributed by atoms with van der Waals surface area (Å²) in [4.78, 5) is 17.0. The van der Waals surface area contributed by atoms with E-state index in [-0.39, 0.29) is 0 Å². The SMILES string of the molecule is Cc1c(-c2cccnc2)c(NS(C)(=O)=O)c(C)c(C(OC(C)(C)C)C(=O)O)c1-c1ccc2c(c1)CCCO2. The van der Waals surface area contributed by atoms with Crippen LogP contribution in [0.3, 0.4) is 0 Å². The molecule has 1 aliphatic heterocycles. The number of pyridine rings is 1. The quantitative estimate of drug-likeness (QED) is 0.398. The number of hydrogen-bond donors (Lipinski definition) is 2. The standard InChI is InChI=1S/C29H34N2O6S/c1-17-23(20-11-12-22-19(15-20)10-8-14-36-22)25(27(28(32)33)37-29(3,4)5)18(2)26(31-38(6,34)35)24(17)21-9-7-13-30-16-21/h7,9,11-13,15-16,27,31H,8,10,14H2,1-6H3,(H,32,33). The number of aryl methyl sites for hydroxylation is 1. The van der Waals surface area contributed by atoms with Gasteiger partial charge in [0.15, 0.2) is 6.10 Å². The predicted octanol–water partition coefficient (Wildman–Crippen LogP) is 5.67. The predicted molar refractivity (Wildman–Crippen MR) is 148 cm³/mol. The third-order valence-corrected chi connectivity index (χ3v) is 7.02. The lowest BCUT2D eigenvalue weighted by molar-refractivity contribution is -0.160. The summed E-state index contributed by atoms with van der Waals surface area (Å²) in [6.07, 6.45) is 4.78. The Labute approximate surface area is 224 Å². The van der Waals surface area contributed by atoms with Crippen LogP contribution in [0.15, 0.2) is 42.7 Å². The molecular formula is C29H34N2O6S. The zero-order chi connectivity index (χ0) is 27.8. The molecule has 0 aliphatic carbocycles. The smallest absolute Gasteiger partial charge is 0.337 e. The van der Waals surface area contributed by atoms with Gasteiger partial charge in [0.25, 0.3) is 0 Å². The molecule has 9 heteroatoms. The molecule has 2 aromatic carbocycles. The number of carboxylic acids is 1. The second kappa shape index (κ2) is 10.4. The first kappa shape index (κ1) is 27.6. The Bertz CT molecular complexity index is 1480. The number of ether oxygens (including phenoxy) is 2. The molecule has 1 unspecified atom stereocenters. The highest BCUT2D eigenvalue weighted by Crippen LogP contribution is 2.47. The normalized spacial score (nSPS) is 14.4. The van der Waals surface area contributed by atoms with Crippen LogP contribution in [0.25, 0.3) is 22.3 Å². The number of carboxylic acid groups (broad SMARTS) is 1. The van der Waals surface area contributed by atoms with E-state index in [1.54, 1.807) is 46.2 Å². The van der Waals surface area contributed by atoms with Gasteiger partial charge in [-0.3, -0.25) is 9.71 Å². The molecule has 0 fully saturated rings. The first-order valence-corrected chi connectivity index (χ1v) is 14.4. The van der Waals surface area contributed by atoms with Crippen LogP contribution >= 0.6 is 0 Å². The molecule has 0 saturated carbocycles. The average Bonchev–Trinajstić information content (AvgIpc) is 2.83. The van der Waals surface area contributed by atoms with Gasteiger partial charge >= 0.3 is 5.97 Å². The van der Waals surface area contributed by atoms with Crippen LogP contribution in [0.2, 0.25) is 0 Å². The van der Waals surface area contributed by atoms with Crippen molar-refractivity contribution in [2.45, 2.75) is 59.2 Å². The third kappa shape index (κ3) is 5.84. The number of rotatable bonds is 7. The third-order valence-electron chi connectivity index (χ3n) is 6.44. The molecule has 1 atom stereocenters. The lowest BCUT2D eigenvalue weighted by Crippen LogP contribution is -2.29. The molecule has 0 bridgehead atoms. The van der Waals surface area contributed by atoms with Crippen molar-refractivity contribution in [2.75, 3.05) is 17.6 Å². The van der Waals surface area contributed by atoms with Crippen molar-refractivity contribution in [3.63, 3.8) is 0 Å². The largest absolute Gasteiger partial charge is 0.493 e. The van der Waals surface area contributed by atoms with Crippen molar-refractivity contribution >= 4 is 21.7 Å². The summed E-state index contributed by atoms with van der Waals surface area (Å²) in [6.45, 7) is 9.64. The highest BCUT2D eigenvalue weighted by atomic mass is 32.2. The fourth-order valence-corrected chi connectivity index (χ4v) is 5.64. The second-order valence-corrected chi connectivity index (χ2v) is 12.4. The van der Waals surface area contributed by atoms with Gasteiger partial charge in [0.05, 0.1) is 24.2 Å².